The number of sulfone groups is 1. The molecule has 0 aliphatic carbocycles. The van der Waals surface area contributed by atoms with Gasteiger partial charge in [0, 0.05) is 0 Å². The van der Waals surface area contributed by atoms with Crippen LogP contribution in [0.1, 0.15) is 16.5 Å². The van der Waals surface area contributed by atoms with E-state index in [1.165, 1.54) is 12.1 Å². The third-order valence-corrected chi connectivity index (χ3v) is 5.53. The Labute approximate surface area is 138 Å². The summed E-state index contributed by atoms with van der Waals surface area (Å²) in [7, 11) is -4.06. The molecule has 24 heavy (non-hydrogen) atoms. The summed E-state index contributed by atoms with van der Waals surface area (Å²) < 4.78 is 25.5. The average molecular weight is 339 g/mol. The van der Waals surface area contributed by atoms with Crippen molar-refractivity contribution in [3.05, 3.63) is 70.1 Å². The molecule has 0 radical (unpaired) electrons. The molecule has 1 aromatic heterocycles. The van der Waals surface area contributed by atoms with Gasteiger partial charge in [0.15, 0.2) is 5.25 Å². The van der Waals surface area contributed by atoms with Gasteiger partial charge in [0.05, 0.1) is 22.0 Å². The summed E-state index contributed by atoms with van der Waals surface area (Å²) in [5.74, 6) is 0. The minimum absolute atomic E-state index is 0.0194. The maximum atomic E-state index is 12.7. The molecule has 3 aromatic rings. The Balaban J connectivity index is 2.19. The van der Waals surface area contributed by atoms with E-state index in [9.17, 15) is 18.5 Å². The molecule has 3 rings (SSSR count). The van der Waals surface area contributed by atoms with Crippen LogP contribution >= 0.6 is 0 Å². The topological polar surface area (TPSA) is 104 Å². The van der Waals surface area contributed by atoms with Crippen molar-refractivity contribution in [2.75, 3.05) is 0 Å². The van der Waals surface area contributed by atoms with Crippen molar-refractivity contribution in [2.45, 2.75) is 17.1 Å². The number of nitriles is 1. The van der Waals surface area contributed by atoms with Crippen LogP contribution < -0.4 is 5.56 Å². The van der Waals surface area contributed by atoms with Gasteiger partial charge in [0.2, 0.25) is 9.84 Å². The Hall–Kier alpha value is -2.98. The van der Waals surface area contributed by atoms with Gasteiger partial charge in [0.1, 0.15) is 5.69 Å². The molecule has 0 saturated heterocycles. The third-order valence-electron chi connectivity index (χ3n) is 3.65. The largest absolute Gasteiger partial charge is 0.319 e. The molecule has 0 aliphatic rings. The maximum Gasteiger partial charge on any atom is 0.272 e. The van der Waals surface area contributed by atoms with Crippen LogP contribution in [0.2, 0.25) is 0 Å². The quantitative estimate of drug-likeness (QED) is 0.788. The number of hydrogen-bond donors (Lipinski definition) is 1. The molecule has 0 amide bonds. The Bertz CT molecular complexity index is 1110. The van der Waals surface area contributed by atoms with Gasteiger partial charge in [-0.1, -0.05) is 29.8 Å². The zero-order chi connectivity index (χ0) is 17.3. The normalized spacial score (nSPS) is 12.7. The molecule has 0 spiro atoms. The highest BCUT2D eigenvalue weighted by Crippen LogP contribution is 2.26. The molecule has 6 nitrogen and oxygen atoms in total. The Morgan fingerprint density at radius 2 is 1.79 bits per heavy atom. The fourth-order valence-electron chi connectivity index (χ4n) is 2.36. The number of nitrogens with zero attached hydrogens (tertiary/aromatic N) is 2. The highest BCUT2D eigenvalue weighted by atomic mass is 32.2. The number of nitrogens with one attached hydrogen (secondary N) is 1. The molecule has 0 bridgehead atoms. The molecule has 0 fully saturated rings. The summed E-state index contributed by atoms with van der Waals surface area (Å²) in [4.78, 5) is 18.9. The molecule has 0 saturated carbocycles. The summed E-state index contributed by atoms with van der Waals surface area (Å²) in [5, 5.41) is 7.73. The number of para-hydroxylation sites is 2. The van der Waals surface area contributed by atoms with E-state index >= 15 is 0 Å². The van der Waals surface area contributed by atoms with E-state index in [-0.39, 0.29) is 10.6 Å². The first-order valence-corrected chi connectivity index (χ1v) is 8.67. The fourth-order valence-corrected chi connectivity index (χ4v) is 3.74. The number of aryl methyl sites for hydroxylation is 1. The first-order valence-electron chi connectivity index (χ1n) is 7.12. The molecule has 1 N–H and O–H groups in total. The Kier molecular flexibility index (Phi) is 3.91. The van der Waals surface area contributed by atoms with Crippen molar-refractivity contribution >= 4 is 20.9 Å². The van der Waals surface area contributed by atoms with Gasteiger partial charge in [-0.2, -0.15) is 5.26 Å². The van der Waals surface area contributed by atoms with Crippen molar-refractivity contribution in [2.24, 2.45) is 0 Å². The molecule has 0 unspecified atom stereocenters. The predicted molar refractivity (Wildman–Crippen MR) is 89.1 cm³/mol. The van der Waals surface area contributed by atoms with Crippen LogP contribution in [0.3, 0.4) is 0 Å². The van der Waals surface area contributed by atoms with Gasteiger partial charge in [-0.3, -0.25) is 4.79 Å². The van der Waals surface area contributed by atoms with E-state index in [4.69, 9.17) is 0 Å². The summed E-state index contributed by atoms with van der Waals surface area (Å²) in [6.07, 6.45) is 0. The third kappa shape index (κ3) is 2.68. The van der Waals surface area contributed by atoms with E-state index in [2.05, 4.69) is 9.97 Å². The zero-order valence-corrected chi connectivity index (χ0v) is 13.5. The van der Waals surface area contributed by atoms with Gasteiger partial charge in [-0.15, -0.1) is 0 Å². The molecular weight excluding hydrogens is 326 g/mol. The summed E-state index contributed by atoms with van der Waals surface area (Å²) in [6.45, 7) is 1.83. The number of aromatic amines is 1. The van der Waals surface area contributed by atoms with E-state index in [0.717, 1.165) is 5.56 Å². The van der Waals surface area contributed by atoms with Gasteiger partial charge in [0.25, 0.3) is 5.56 Å². The van der Waals surface area contributed by atoms with Crippen molar-refractivity contribution < 1.29 is 8.42 Å². The number of fused-ring (bicyclic) bond motifs is 1. The number of benzene rings is 2. The molecule has 120 valence electrons. The maximum absolute atomic E-state index is 12.7. The van der Waals surface area contributed by atoms with Gasteiger partial charge in [-0.25, -0.2) is 13.4 Å². The molecule has 7 heteroatoms. The summed E-state index contributed by atoms with van der Waals surface area (Å²) in [5.41, 5.74) is 0.791. The van der Waals surface area contributed by atoms with Crippen molar-refractivity contribution in [3.63, 3.8) is 0 Å². The van der Waals surface area contributed by atoms with Crippen molar-refractivity contribution in [3.8, 4) is 6.07 Å². The van der Waals surface area contributed by atoms with Crippen LogP contribution in [0.25, 0.3) is 11.0 Å². The number of hydrogen-bond acceptors (Lipinski definition) is 5. The Morgan fingerprint density at radius 1 is 1.12 bits per heavy atom. The van der Waals surface area contributed by atoms with Gasteiger partial charge < -0.3 is 4.98 Å². The van der Waals surface area contributed by atoms with E-state index in [0.29, 0.717) is 11.0 Å². The summed E-state index contributed by atoms with van der Waals surface area (Å²) >= 11 is 0. The lowest BCUT2D eigenvalue weighted by molar-refractivity contribution is 0.589. The SMILES string of the molecule is Cc1ccc(S(=O)(=O)[C@@H](C#N)c2nc3ccccc3[nH]c2=O)cc1. The molecule has 1 atom stereocenters. The smallest absolute Gasteiger partial charge is 0.272 e. The second-order valence-corrected chi connectivity index (χ2v) is 7.37. The van der Waals surface area contributed by atoms with Crippen molar-refractivity contribution in [1.82, 2.24) is 9.97 Å². The first-order chi connectivity index (χ1) is 11.4. The number of H-pyrrole nitrogens is 1. The van der Waals surface area contributed by atoms with E-state index < -0.39 is 20.6 Å². The first kappa shape index (κ1) is 15.9. The van der Waals surface area contributed by atoms with Crippen LogP contribution in [-0.4, -0.2) is 18.4 Å². The van der Waals surface area contributed by atoms with Crippen LogP contribution in [0.15, 0.2) is 58.2 Å². The van der Waals surface area contributed by atoms with Crippen molar-refractivity contribution in [1.29, 1.82) is 5.26 Å². The lowest BCUT2D eigenvalue weighted by Gasteiger charge is -2.11. The minimum Gasteiger partial charge on any atom is -0.319 e. The lowest BCUT2D eigenvalue weighted by Crippen LogP contribution is -2.23. The molecule has 2 aromatic carbocycles. The van der Waals surface area contributed by atoms with E-state index in [1.54, 1.807) is 42.5 Å². The zero-order valence-electron chi connectivity index (χ0n) is 12.7. The predicted octanol–water partition coefficient (Wildman–Crippen LogP) is 2.27. The van der Waals surface area contributed by atoms with E-state index in [1.807, 2.05) is 6.92 Å². The fraction of sp³-hybridized carbons (Fsp3) is 0.118. The standard InChI is InChI=1S/C17H13N3O3S/c1-11-6-8-12(9-7-11)24(22,23)15(10-18)16-17(21)20-14-5-3-2-4-13(14)19-16/h2-9,15H,1H3,(H,20,21)/t15-/m0/s1. The highest BCUT2D eigenvalue weighted by Gasteiger charge is 2.32. The number of aromatic nitrogens is 2. The second-order valence-electron chi connectivity index (χ2n) is 5.34. The highest BCUT2D eigenvalue weighted by molar-refractivity contribution is 7.92. The average Bonchev–Trinajstić information content (AvgIpc) is 2.56. The minimum atomic E-state index is -4.06. The van der Waals surface area contributed by atoms with Gasteiger partial charge in [-0.05, 0) is 31.2 Å². The monoisotopic (exact) mass is 339 g/mol. The second kappa shape index (κ2) is 5.91. The number of rotatable bonds is 3. The van der Waals surface area contributed by atoms with Gasteiger partial charge >= 0.3 is 0 Å². The van der Waals surface area contributed by atoms with Crippen LogP contribution in [-0.2, 0) is 9.84 Å². The molecular formula is C17H13N3O3S. The van der Waals surface area contributed by atoms with Crippen LogP contribution in [0.5, 0.6) is 0 Å². The molecule has 0 aliphatic heterocycles. The van der Waals surface area contributed by atoms with Crippen LogP contribution in [0.4, 0.5) is 0 Å². The Morgan fingerprint density at radius 3 is 2.46 bits per heavy atom. The molecule has 1 heterocycles. The lowest BCUT2D eigenvalue weighted by atomic mass is 10.2. The van der Waals surface area contributed by atoms with Crippen LogP contribution in [0, 0.1) is 18.3 Å². The summed E-state index contributed by atoms with van der Waals surface area (Å²) in [6, 6.07) is 14.6.